The van der Waals surface area contributed by atoms with Crippen LogP contribution in [0.2, 0.25) is 0 Å². The molecule has 4 rings (SSSR count). The van der Waals surface area contributed by atoms with Gasteiger partial charge in [-0.1, -0.05) is 24.3 Å². The molecule has 4 nitrogen and oxygen atoms in total. The van der Waals surface area contributed by atoms with Gasteiger partial charge in [-0.15, -0.1) is 11.3 Å². The van der Waals surface area contributed by atoms with Crippen LogP contribution in [0.3, 0.4) is 0 Å². The Balaban J connectivity index is 1.66. The molecular formula is C17H20N4S. The van der Waals surface area contributed by atoms with E-state index in [-0.39, 0.29) is 0 Å². The van der Waals surface area contributed by atoms with E-state index in [4.69, 9.17) is 4.98 Å². The minimum absolute atomic E-state index is 1.01. The average Bonchev–Trinajstić information content (AvgIpc) is 3.11. The van der Waals surface area contributed by atoms with E-state index >= 15 is 0 Å². The van der Waals surface area contributed by atoms with Crippen molar-refractivity contribution in [3.05, 3.63) is 47.1 Å². The molecule has 0 unspecified atom stereocenters. The maximum absolute atomic E-state index is 4.81. The summed E-state index contributed by atoms with van der Waals surface area (Å²) in [7, 11) is 0. The fourth-order valence-electron chi connectivity index (χ4n) is 3.03. The Morgan fingerprint density at radius 2 is 2.05 bits per heavy atom. The van der Waals surface area contributed by atoms with E-state index in [0.29, 0.717) is 0 Å². The molecule has 1 saturated heterocycles. The maximum atomic E-state index is 4.81. The largest absolute Gasteiger partial charge is 0.314 e. The summed E-state index contributed by atoms with van der Waals surface area (Å²) in [6.07, 6.45) is 2.19. The third-order valence-corrected chi connectivity index (χ3v) is 5.19. The first kappa shape index (κ1) is 13.9. The zero-order chi connectivity index (χ0) is 14.9. The number of nitrogens with one attached hydrogen (secondary N) is 1. The summed E-state index contributed by atoms with van der Waals surface area (Å²) in [5.74, 6) is 0. The molecule has 0 saturated carbocycles. The van der Waals surface area contributed by atoms with Crippen molar-refractivity contribution in [2.45, 2.75) is 13.5 Å². The summed E-state index contributed by atoms with van der Waals surface area (Å²) in [5.41, 5.74) is 4.92. The number of hydrogen-bond acceptors (Lipinski definition) is 4. The van der Waals surface area contributed by atoms with Crippen molar-refractivity contribution in [3.8, 4) is 11.3 Å². The molecule has 114 valence electrons. The maximum Gasteiger partial charge on any atom is 0.194 e. The minimum atomic E-state index is 1.01. The Bertz CT molecular complexity index is 783. The molecular weight excluding hydrogens is 292 g/mol. The van der Waals surface area contributed by atoms with Gasteiger partial charge in [-0.3, -0.25) is 9.30 Å². The Labute approximate surface area is 134 Å². The molecule has 1 aliphatic heterocycles. The molecule has 1 aliphatic rings. The van der Waals surface area contributed by atoms with Crippen LogP contribution in [0.25, 0.3) is 16.2 Å². The van der Waals surface area contributed by atoms with E-state index in [9.17, 15) is 0 Å². The lowest BCUT2D eigenvalue weighted by Crippen LogP contribution is -2.43. The summed E-state index contributed by atoms with van der Waals surface area (Å²) < 4.78 is 2.26. The van der Waals surface area contributed by atoms with Gasteiger partial charge in [-0.25, -0.2) is 4.98 Å². The molecule has 0 aliphatic carbocycles. The second-order valence-electron chi connectivity index (χ2n) is 5.85. The molecule has 0 radical (unpaired) electrons. The Morgan fingerprint density at radius 1 is 1.23 bits per heavy atom. The summed E-state index contributed by atoms with van der Waals surface area (Å²) >= 11 is 1.73. The predicted octanol–water partition coefficient (Wildman–Crippen LogP) is 2.78. The second-order valence-corrected chi connectivity index (χ2v) is 6.68. The van der Waals surface area contributed by atoms with Gasteiger partial charge in [0.15, 0.2) is 4.96 Å². The topological polar surface area (TPSA) is 32.6 Å². The van der Waals surface area contributed by atoms with E-state index in [0.717, 1.165) is 43.4 Å². The fraction of sp³-hybridized carbons (Fsp3) is 0.353. The van der Waals surface area contributed by atoms with Gasteiger partial charge < -0.3 is 5.32 Å². The van der Waals surface area contributed by atoms with Crippen LogP contribution < -0.4 is 5.32 Å². The number of benzene rings is 1. The lowest BCUT2D eigenvalue weighted by molar-refractivity contribution is 0.230. The number of aromatic nitrogens is 2. The minimum Gasteiger partial charge on any atom is -0.314 e. The highest BCUT2D eigenvalue weighted by Crippen LogP contribution is 2.26. The van der Waals surface area contributed by atoms with Gasteiger partial charge in [0.25, 0.3) is 0 Å². The first-order valence-corrected chi connectivity index (χ1v) is 8.64. The van der Waals surface area contributed by atoms with Crippen LogP contribution in [-0.4, -0.2) is 40.5 Å². The van der Waals surface area contributed by atoms with Gasteiger partial charge in [0.05, 0.1) is 5.69 Å². The quantitative estimate of drug-likeness (QED) is 0.807. The molecule has 1 N–H and O–H groups in total. The molecule has 5 heteroatoms. The number of nitrogens with zero attached hydrogens (tertiary/aromatic N) is 3. The third kappa shape index (κ3) is 2.56. The van der Waals surface area contributed by atoms with Gasteiger partial charge >= 0.3 is 0 Å². The van der Waals surface area contributed by atoms with Crippen LogP contribution in [-0.2, 0) is 6.54 Å². The molecule has 1 fully saturated rings. The number of aryl methyl sites for hydroxylation is 1. The fourth-order valence-corrected chi connectivity index (χ4v) is 3.90. The van der Waals surface area contributed by atoms with Crippen LogP contribution in [0.1, 0.15) is 11.3 Å². The van der Waals surface area contributed by atoms with Crippen molar-refractivity contribution >= 4 is 16.3 Å². The van der Waals surface area contributed by atoms with Crippen molar-refractivity contribution in [3.63, 3.8) is 0 Å². The number of fused-ring (bicyclic) bond motifs is 1. The van der Waals surface area contributed by atoms with Crippen LogP contribution >= 0.6 is 11.3 Å². The molecule has 0 bridgehead atoms. The van der Waals surface area contributed by atoms with E-state index in [1.165, 1.54) is 16.8 Å². The molecule has 1 aromatic carbocycles. The van der Waals surface area contributed by atoms with Gasteiger partial charge in [0.1, 0.15) is 0 Å². The number of thiazole rings is 1. The lowest BCUT2D eigenvalue weighted by atomic mass is 10.1. The van der Waals surface area contributed by atoms with Crippen molar-refractivity contribution in [1.82, 2.24) is 19.6 Å². The van der Waals surface area contributed by atoms with Crippen molar-refractivity contribution in [1.29, 1.82) is 0 Å². The van der Waals surface area contributed by atoms with E-state index < -0.39 is 0 Å². The van der Waals surface area contributed by atoms with Gasteiger partial charge in [-0.2, -0.15) is 0 Å². The Hall–Kier alpha value is -1.69. The van der Waals surface area contributed by atoms with Gasteiger partial charge in [0, 0.05) is 55.6 Å². The predicted molar refractivity (Wildman–Crippen MR) is 91.4 cm³/mol. The van der Waals surface area contributed by atoms with Crippen molar-refractivity contribution < 1.29 is 0 Å². The molecule has 2 aromatic heterocycles. The molecule has 3 aromatic rings. The summed E-state index contributed by atoms with van der Waals surface area (Å²) in [6.45, 7) is 7.57. The first-order chi connectivity index (χ1) is 10.8. The van der Waals surface area contributed by atoms with Crippen LogP contribution in [0, 0.1) is 6.92 Å². The zero-order valence-electron chi connectivity index (χ0n) is 12.7. The third-order valence-electron chi connectivity index (χ3n) is 4.30. The Kier molecular flexibility index (Phi) is 3.70. The second kappa shape index (κ2) is 5.83. The van der Waals surface area contributed by atoms with Crippen LogP contribution in [0.15, 0.2) is 35.8 Å². The van der Waals surface area contributed by atoms with Crippen LogP contribution in [0.4, 0.5) is 0 Å². The highest BCUT2D eigenvalue weighted by molar-refractivity contribution is 7.15. The lowest BCUT2D eigenvalue weighted by Gasteiger charge is -2.26. The van der Waals surface area contributed by atoms with E-state index in [1.807, 2.05) is 0 Å². The van der Waals surface area contributed by atoms with Crippen LogP contribution in [0.5, 0.6) is 0 Å². The van der Waals surface area contributed by atoms with Gasteiger partial charge in [0.2, 0.25) is 0 Å². The SMILES string of the molecule is Cc1ccccc1-c1cn2c(CN3CCNCC3)csc2n1. The van der Waals surface area contributed by atoms with E-state index in [1.54, 1.807) is 11.3 Å². The monoisotopic (exact) mass is 312 g/mol. The van der Waals surface area contributed by atoms with E-state index in [2.05, 4.69) is 57.4 Å². The first-order valence-electron chi connectivity index (χ1n) is 7.76. The van der Waals surface area contributed by atoms with Crippen molar-refractivity contribution in [2.24, 2.45) is 0 Å². The highest BCUT2D eigenvalue weighted by Gasteiger charge is 2.15. The molecule has 3 heterocycles. The number of piperazine rings is 1. The number of rotatable bonds is 3. The van der Waals surface area contributed by atoms with Gasteiger partial charge in [-0.05, 0) is 12.5 Å². The smallest absolute Gasteiger partial charge is 0.194 e. The normalized spacial score (nSPS) is 16.4. The molecule has 0 amide bonds. The zero-order valence-corrected chi connectivity index (χ0v) is 13.6. The summed E-state index contributed by atoms with van der Waals surface area (Å²) in [4.78, 5) is 8.40. The molecule has 0 atom stereocenters. The Morgan fingerprint density at radius 3 is 2.86 bits per heavy atom. The average molecular weight is 312 g/mol. The summed E-state index contributed by atoms with van der Waals surface area (Å²) in [6, 6.07) is 8.45. The highest BCUT2D eigenvalue weighted by atomic mass is 32.1. The molecule has 22 heavy (non-hydrogen) atoms. The molecule has 0 spiro atoms. The van der Waals surface area contributed by atoms with Crippen molar-refractivity contribution in [2.75, 3.05) is 26.2 Å². The number of hydrogen-bond donors (Lipinski definition) is 1. The summed E-state index contributed by atoms with van der Waals surface area (Å²) in [5, 5.41) is 5.65. The number of imidazole rings is 1. The standard InChI is InChI=1S/C17H20N4S/c1-13-4-2-3-5-15(13)16-11-21-14(12-22-17(21)19-16)10-20-8-6-18-7-9-20/h2-5,11-12,18H,6-10H2,1H3.